The molecule has 0 spiro atoms. The fourth-order valence-electron chi connectivity index (χ4n) is 7.28. The van der Waals surface area contributed by atoms with Crippen LogP contribution >= 0.6 is 0 Å². The molecule has 0 aliphatic carbocycles. The summed E-state index contributed by atoms with van der Waals surface area (Å²) in [6.07, 6.45) is 3.54. The van der Waals surface area contributed by atoms with Gasteiger partial charge in [-0.05, 0) is 50.6 Å². The second-order valence-electron chi connectivity index (χ2n) is 13.1. The number of β-amino-alcohol motifs (C(OH)–C–C–N with tert-alkyl or cyclic N) is 1. The molecular weight excluding hydrogens is 627 g/mol. The van der Waals surface area contributed by atoms with Crippen molar-refractivity contribution in [2.75, 3.05) is 37.5 Å². The molecule has 2 N–H and O–H groups in total. The van der Waals surface area contributed by atoms with E-state index < -0.39 is 17.5 Å². The zero-order valence-corrected chi connectivity index (χ0v) is 27.5. The summed E-state index contributed by atoms with van der Waals surface area (Å²) in [6, 6.07) is 15.2. The average molecular weight is 663 g/mol. The van der Waals surface area contributed by atoms with Crippen LogP contribution in [0.5, 0.6) is 5.75 Å². The van der Waals surface area contributed by atoms with Gasteiger partial charge >= 0.3 is 0 Å². The van der Waals surface area contributed by atoms with Crippen molar-refractivity contribution in [2.45, 2.75) is 44.5 Å². The van der Waals surface area contributed by atoms with Crippen LogP contribution in [0.4, 0.5) is 16.0 Å². The minimum atomic E-state index is -1.29. The number of hydrogen-bond acceptors (Lipinski definition) is 10. The number of aliphatic hydroxyl groups is 1. The van der Waals surface area contributed by atoms with E-state index in [0.29, 0.717) is 47.1 Å². The van der Waals surface area contributed by atoms with Crippen molar-refractivity contribution in [3.05, 3.63) is 78.8 Å². The van der Waals surface area contributed by atoms with Crippen molar-refractivity contribution in [1.82, 2.24) is 39.2 Å². The minimum Gasteiger partial charge on any atom is -0.494 e. The van der Waals surface area contributed by atoms with E-state index in [-0.39, 0.29) is 25.0 Å². The van der Waals surface area contributed by atoms with Crippen molar-refractivity contribution >= 4 is 39.6 Å². The lowest BCUT2D eigenvalue weighted by molar-refractivity contribution is -0.134. The van der Waals surface area contributed by atoms with Crippen molar-refractivity contribution in [2.24, 2.45) is 0 Å². The number of carbonyl (C=O) groups is 1. The van der Waals surface area contributed by atoms with Gasteiger partial charge in [-0.3, -0.25) is 4.79 Å². The Balaban J connectivity index is 1.22. The van der Waals surface area contributed by atoms with E-state index in [1.54, 1.807) is 35.8 Å². The Bertz CT molecular complexity index is 2250. The molecule has 4 bridgehead atoms. The van der Waals surface area contributed by atoms with E-state index in [1.165, 1.54) is 25.6 Å². The summed E-state index contributed by atoms with van der Waals surface area (Å²) in [5, 5.41) is 20.6. The first-order valence-electron chi connectivity index (χ1n) is 16.1. The highest BCUT2D eigenvalue weighted by atomic mass is 19.1. The third-order valence-electron chi connectivity index (χ3n) is 9.36. The van der Waals surface area contributed by atoms with E-state index in [9.17, 15) is 14.3 Å². The Morgan fingerprint density at radius 3 is 2.76 bits per heavy atom. The third kappa shape index (κ3) is 5.28. The van der Waals surface area contributed by atoms with Crippen molar-refractivity contribution < 1.29 is 19.0 Å². The molecule has 2 aromatic carbocycles. The molecule has 4 aromatic heterocycles. The number of aryl methyl sites for hydroxylation is 1. The van der Waals surface area contributed by atoms with E-state index in [1.807, 2.05) is 52.8 Å². The highest BCUT2D eigenvalue weighted by Crippen LogP contribution is 2.35. The van der Waals surface area contributed by atoms with Gasteiger partial charge in [-0.15, -0.1) is 0 Å². The van der Waals surface area contributed by atoms with Crippen molar-refractivity contribution in [1.29, 1.82) is 0 Å². The number of aromatic nitrogens is 7. The Morgan fingerprint density at radius 1 is 1.08 bits per heavy atom. The zero-order chi connectivity index (χ0) is 34.0. The van der Waals surface area contributed by atoms with Gasteiger partial charge in [0, 0.05) is 31.3 Å². The summed E-state index contributed by atoms with van der Waals surface area (Å²) in [6.45, 7) is 4.40. The number of para-hydroxylation sites is 1. The Hall–Kier alpha value is -5.63. The maximum Gasteiger partial charge on any atom is 0.245 e. The summed E-state index contributed by atoms with van der Waals surface area (Å²) >= 11 is 0. The predicted octanol–water partition coefficient (Wildman–Crippen LogP) is 3.97. The quantitative estimate of drug-likeness (QED) is 0.286. The summed E-state index contributed by atoms with van der Waals surface area (Å²) in [5.41, 5.74) is 3.07. The summed E-state index contributed by atoms with van der Waals surface area (Å²) in [5.74, 6) is 1.68. The van der Waals surface area contributed by atoms with E-state index in [0.717, 1.165) is 28.1 Å². The molecule has 13 nitrogen and oxygen atoms in total. The number of fused-ring (bicyclic) bond motifs is 6. The van der Waals surface area contributed by atoms with Crippen LogP contribution in [0.2, 0.25) is 0 Å². The second-order valence-corrected chi connectivity index (χ2v) is 13.1. The normalized spacial score (nSPS) is 21.1. The number of imidazole rings is 1. The number of amides is 1. The number of anilines is 2. The van der Waals surface area contributed by atoms with Crippen molar-refractivity contribution in [3.8, 4) is 22.7 Å². The minimum absolute atomic E-state index is 0.0863. The molecular formula is C35H35FN10O3. The highest BCUT2D eigenvalue weighted by Gasteiger charge is 2.41. The molecule has 14 heteroatoms. The van der Waals surface area contributed by atoms with Crippen molar-refractivity contribution in [3.63, 3.8) is 0 Å². The number of benzene rings is 2. The maximum atomic E-state index is 14.4. The molecule has 49 heavy (non-hydrogen) atoms. The topological polar surface area (TPSA) is 139 Å². The molecule has 6 heterocycles. The number of hydrogen-bond donors (Lipinski definition) is 2. The van der Waals surface area contributed by atoms with Crippen LogP contribution in [0.3, 0.4) is 0 Å². The average Bonchev–Trinajstić information content (AvgIpc) is 3.79. The number of methoxy groups -OCH3 is 1. The molecule has 1 saturated heterocycles. The van der Waals surface area contributed by atoms with E-state index in [4.69, 9.17) is 14.7 Å². The number of halogens is 1. The number of nitrogens with one attached hydrogen (secondary N) is 1. The van der Waals surface area contributed by atoms with Gasteiger partial charge in [0.15, 0.2) is 5.65 Å². The van der Waals surface area contributed by atoms with Crippen LogP contribution < -0.4 is 15.0 Å². The second kappa shape index (κ2) is 11.5. The van der Waals surface area contributed by atoms with Gasteiger partial charge in [0.05, 0.1) is 54.1 Å². The van der Waals surface area contributed by atoms with Gasteiger partial charge in [-0.2, -0.15) is 5.10 Å². The molecule has 2 aliphatic rings. The van der Waals surface area contributed by atoms with Crippen LogP contribution in [0.1, 0.15) is 19.2 Å². The highest BCUT2D eigenvalue weighted by molar-refractivity contribution is 5.94. The first-order chi connectivity index (χ1) is 23.6. The molecule has 250 valence electrons. The lowest BCUT2D eigenvalue weighted by Crippen LogP contribution is -2.50. The molecule has 0 saturated carbocycles. The summed E-state index contributed by atoms with van der Waals surface area (Å²) in [7, 11) is 3.19. The number of pyridine rings is 1. The fourth-order valence-corrected chi connectivity index (χ4v) is 7.28. The van der Waals surface area contributed by atoms with Gasteiger partial charge in [-0.25, -0.2) is 29.0 Å². The van der Waals surface area contributed by atoms with E-state index >= 15 is 0 Å². The first-order valence-corrected chi connectivity index (χ1v) is 16.1. The number of rotatable bonds is 3. The Morgan fingerprint density at radius 2 is 1.92 bits per heavy atom. The monoisotopic (exact) mass is 662 g/mol. The maximum absolute atomic E-state index is 14.4. The molecule has 6 aromatic rings. The van der Waals surface area contributed by atoms with Crippen LogP contribution in [-0.2, 0) is 11.3 Å². The Kier molecular flexibility index (Phi) is 7.21. The summed E-state index contributed by atoms with van der Waals surface area (Å²) < 4.78 is 23.0. The van der Waals surface area contributed by atoms with Crippen LogP contribution in [0, 0.1) is 12.7 Å². The Labute approximate surface area is 281 Å². The van der Waals surface area contributed by atoms with Crippen LogP contribution in [0.15, 0.2) is 67.1 Å². The van der Waals surface area contributed by atoms with Gasteiger partial charge in [0.1, 0.15) is 47.1 Å². The fraction of sp³-hybridized carbons (Fsp3) is 0.314. The first kappa shape index (κ1) is 30.7. The molecule has 8 rings (SSSR count). The SMILES string of the molecule is COc1cc(F)ccc1-n1ncc2c(N3C[C@@H]4C[C@H]3C(=O)N(C)C[C@](C)(O)Cn3c(C)nc5cccc(c53)-c3cccc(n3)N4)ncnc21. The lowest BCUT2D eigenvalue weighted by Gasteiger charge is -2.33. The lowest BCUT2D eigenvalue weighted by atomic mass is 10.0. The molecule has 0 unspecified atom stereocenters. The van der Waals surface area contributed by atoms with Gasteiger partial charge < -0.3 is 29.5 Å². The van der Waals surface area contributed by atoms with Crippen LogP contribution in [0.25, 0.3) is 39.0 Å². The molecule has 3 atom stereocenters. The van der Waals surface area contributed by atoms with Gasteiger partial charge in [0.25, 0.3) is 0 Å². The molecule has 2 aliphatic heterocycles. The smallest absolute Gasteiger partial charge is 0.245 e. The number of carbonyl (C=O) groups excluding carboxylic acids is 1. The van der Waals surface area contributed by atoms with Gasteiger partial charge in [-0.1, -0.05) is 18.2 Å². The van der Waals surface area contributed by atoms with Crippen LogP contribution in [-0.4, -0.2) is 95.1 Å². The molecule has 0 radical (unpaired) electrons. The molecule has 1 fully saturated rings. The molecule has 1 amide bonds. The van der Waals surface area contributed by atoms with Gasteiger partial charge in [0.2, 0.25) is 5.91 Å². The summed E-state index contributed by atoms with van der Waals surface area (Å²) in [4.78, 5) is 36.9. The number of likely N-dealkylation sites (N-methyl/N-ethyl adjacent to an activating group) is 1. The standard InChI is InChI=1S/C35H35FN10O3/c1-20-40-26-9-5-7-23-25-8-6-10-30(42-25)41-22-14-28(34(47)43(3)17-35(2,48)18-45(20)31(23)26)44(16-22)32-24-15-39-46(33(24)38-19-37-32)27-12-11-21(36)13-29(27)49-4/h5-13,15,19,22,28,48H,14,16-18H2,1-4H3,(H,41,42)/t22-,28-,35-/m0/s1. The largest absolute Gasteiger partial charge is 0.494 e. The zero-order valence-electron chi connectivity index (χ0n) is 27.5. The predicted molar refractivity (Wildman–Crippen MR) is 182 cm³/mol. The number of ether oxygens (including phenoxy) is 1. The third-order valence-corrected chi connectivity index (χ3v) is 9.36. The van der Waals surface area contributed by atoms with E-state index in [2.05, 4.69) is 20.4 Å². The number of nitrogens with zero attached hydrogens (tertiary/aromatic N) is 9.